The van der Waals surface area contributed by atoms with Gasteiger partial charge in [-0.1, -0.05) is 55.5 Å². The second kappa shape index (κ2) is 12.1. The third-order valence-electron chi connectivity index (χ3n) is 6.34. The van der Waals surface area contributed by atoms with Gasteiger partial charge in [-0.3, -0.25) is 13.9 Å². The van der Waals surface area contributed by atoms with Crippen molar-refractivity contribution in [2.75, 3.05) is 17.9 Å². The highest BCUT2D eigenvalue weighted by molar-refractivity contribution is 7.92. The Morgan fingerprint density at radius 2 is 1.49 bits per heavy atom. The maximum absolute atomic E-state index is 14.0. The number of carbonyl (C=O) groups excluding carboxylic acids is 2. The van der Waals surface area contributed by atoms with E-state index in [2.05, 4.69) is 5.32 Å². The van der Waals surface area contributed by atoms with Crippen LogP contribution in [0.25, 0.3) is 0 Å². The van der Waals surface area contributed by atoms with Gasteiger partial charge in [0.1, 0.15) is 12.6 Å². The van der Waals surface area contributed by atoms with Crippen LogP contribution in [0.1, 0.15) is 35.6 Å². The number of carbonyl (C=O) groups is 2. The molecule has 1 N–H and O–H groups in total. The lowest BCUT2D eigenvalue weighted by atomic mass is 10.1. The van der Waals surface area contributed by atoms with E-state index in [0.29, 0.717) is 12.1 Å². The molecule has 0 saturated heterocycles. The lowest BCUT2D eigenvalue weighted by Crippen LogP contribution is -2.51. The SMILES string of the molecule is CC[C@H](C(=O)NC)N(Cc1ccccc1C)C(=O)CN(c1cc(C)cc(C)c1)S(=O)(=O)c1ccccc1. The molecule has 0 aliphatic rings. The number of likely N-dealkylation sites (N-methyl/N-ethyl adjacent to an activating group) is 1. The molecule has 7 nitrogen and oxygen atoms in total. The Balaban J connectivity index is 2.10. The van der Waals surface area contributed by atoms with Gasteiger partial charge >= 0.3 is 0 Å². The van der Waals surface area contributed by atoms with E-state index < -0.39 is 28.5 Å². The van der Waals surface area contributed by atoms with Crippen LogP contribution in [0.4, 0.5) is 5.69 Å². The molecule has 0 fully saturated rings. The van der Waals surface area contributed by atoms with Crippen LogP contribution in [0.5, 0.6) is 0 Å². The molecule has 3 rings (SSSR count). The van der Waals surface area contributed by atoms with E-state index in [-0.39, 0.29) is 17.3 Å². The molecule has 1 atom stereocenters. The van der Waals surface area contributed by atoms with Crippen molar-refractivity contribution in [2.24, 2.45) is 0 Å². The number of benzene rings is 3. The number of nitrogens with one attached hydrogen (secondary N) is 1. The average molecular weight is 522 g/mol. The number of aryl methyl sites for hydroxylation is 3. The van der Waals surface area contributed by atoms with Gasteiger partial charge in [0.25, 0.3) is 10.0 Å². The second-order valence-electron chi connectivity index (χ2n) is 9.16. The highest BCUT2D eigenvalue weighted by atomic mass is 32.2. The molecule has 0 saturated carbocycles. The Morgan fingerprint density at radius 1 is 0.892 bits per heavy atom. The molecule has 2 amide bonds. The van der Waals surface area contributed by atoms with Crippen molar-refractivity contribution in [3.63, 3.8) is 0 Å². The first-order valence-corrected chi connectivity index (χ1v) is 13.7. The van der Waals surface area contributed by atoms with Gasteiger partial charge in [-0.25, -0.2) is 8.42 Å². The van der Waals surface area contributed by atoms with E-state index in [9.17, 15) is 18.0 Å². The third-order valence-corrected chi connectivity index (χ3v) is 8.13. The Bertz CT molecular complexity index is 1340. The molecule has 0 unspecified atom stereocenters. The zero-order chi connectivity index (χ0) is 27.2. The minimum Gasteiger partial charge on any atom is -0.357 e. The number of sulfonamides is 1. The van der Waals surface area contributed by atoms with Gasteiger partial charge in [0.05, 0.1) is 10.6 Å². The molecule has 0 bridgehead atoms. The molecule has 196 valence electrons. The molecule has 3 aromatic carbocycles. The predicted octanol–water partition coefficient (Wildman–Crippen LogP) is 4.36. The number of hydrogen-bond donors (Lipinski definition) is 1. The summed E-state index contributed by atoms with van der Waals surface area (Å²) in [5.41, 5.74) is 4.03. The van der Waals surface area contributed by atoms with E-state index in [1.54, 1.807) is 30.3 Å². The van der Waals surface area contributed by atoms with Crippen molar-refractivity contribution in [3.8, 4) is 0 Å². The minimum atomic E-state index is -4.07. The summed E-state index contributed by atoms with van der Waals surface area (Å²) in [6.45, 7) is 7.29. The molecule has 37 heavy (non-hydrogen) atoms. The zero-order valence-electron chi connectivity index (χ0n) is 22.1. The first kappa shape index (κ1) is 27.9. The first-order valence-electron chi connectivity index (χ1n) is 12.3. The van der Waals surface area contributed by atoms with Crippen LogP contribution in [0.15, 0.2) is 77.7 Å². The second-order valence-corrected chi connectivity index (χ2v) is 11.0. The maximum atomic E-state index is 14.0. The van der Waals surface area contributed by atoms with Crippen LogP contribution >= 0.6 is 0 Å². The highest BCUT2D eigenvalue weighted by Gasteiger charge is 2.33. The largest absolute Gasteiger partial charge is 0.357 e. The van der Waals surface area contributed by atoms with Crippen LogP contribution in [0, 0.1) is 20.8 Å². The van der Waals surface area contributed by atoms with Gasteiger partial charge in [-0.05, 0) is 73.7 Å². The Hall–Kier alpha value is -3.65. The summed E-state index contributed by atoms with van der Waals surface area (Å²) >= 11 is 0. The molecule has 0 spiro atoms. The van der Waals surface area contributed by atoms with Gasteiger partial charge in [-0.15, -0.1) is 0 Å². The summed E-state index contributed by atoms with van der Waals surface area (Å²) in [4.78, 5) is 28.3. The summed E-state index contributed by atoms with van der Waals surface area (Å²) in [7, 11) is -2.54. The van der Waals surface area contributed by atoms with E-state index in [1.807, 2.05) is 58.0 Å². The highest BCUT2D eigenvalue weighted by Crippen LogP contribution is 2.27. The van der Waals surface area contributed by atoms with Crippen molar-refractivity contribution in [1.29, 1.82) is 0 Å². The lowest BCUT2D eigenvalue weighted by Gasteiger charge is -2.33. The Kier molecular flexibility index (Phi) is 9.10. The predicted molar refractivity (Wildman–Crippen MR) is 147 cm³/mol. The number of amides is 2. The normalized spacial score (nSPS) is 12.0. The van der Waals surface area contributed by atoms with Crippen molar-refractivity contribution in [3.05, 3.63) is 95.1 Å². The standard InChI is InChI=1S/C29H35N3O4S/c1-6-27(29(34)30-5)31(19-24-13-11-10-12-23(24)4)28(33)20-32(25-17-21(2)16-22(3)18-25)37(35,36)26-14-8-7-9-15-26/h7-18,27H,6,19-20H2,1-5H3,(H,30,34)/t27-/m1/s1. The van der Waals surface area contributed by atoms with Gasteiger partial charge < -0.3 is 10.2 Å². The summed E-state index contributed by atoms with van der Waals surface area (Å²) < 4.78 is 28.8. The minimum absolute atomic E-state index is 0.0887. The van der Waals surface area contributed by atoms with Crippen molar-refractivity contribution in [1.82, 2.24) is 10.2 Å². The van der Waals surface area contributed by atoms with Crippen molar-refractivity contribution in [2.45, 2.75) is 51.6 Å². The van der Waals surface area contributed by atoms with Gasteiger partial charge in [0.15, 0.2) is 0 Å². The molecule has 0 aromatic heterocycles. The smallest absolute Gasteiger partial charge is 0.264 e. The summed E-state index contributed by atoms with van der Waals surface area (Å²) in [6, 6.07) is 20.4. The fraction of sp³-hybridized carbons (Fsp3) is 0.310. The number of hydrogen-bond acceptors (Lipinski definition) is 4. The van der Waals surface area contributed by atoms with E-state index >= 15 is 0 Å². The van der Waals surface area contributed by atoms with Crippen LogP contribution in [-0.4, -0.2) is 44.8 Å². The molecule has 0 aliphatic carbocycles. The quantitative estimate of drug-likeness (QED) is 0.430. The number of rotatable bonds is 10. The van der Waals surface area contributed by atoms with E-state index in [1.165, 1.54) is 24.1 Å². The lowest BCUT2D eigenvalue weighted by molar-refractivity contribution is -0.140. The van der Waals surface area contributed by atoms with Crippen molar-refractivity contribution >= 4 is 27.5 Å². The van der Waals surface area contributed by atoms with Gasteiger partial charge in [0, 0.05) is 13.6 Å². The van der Waals surface area contributed by atoms with Gasteiger partial charge in [-0.2, -0.15) is 0 Å². The molecule has 0 aliphatic heterocycles. The fourth-order valence-electron chi connectivity index (χ4n) is 4.40. The van der Waals surface area contributed by atoms with Crippen LogP contribution in [0.2, 0.25) is 0 Å². The Labute approximate surface area is 220 Å². The molecule has 0 radical (unpaired) electrons. The zero-order valence-corrected chi connectivity index (χ0v) is 22.9. The van der Waals surface area contributed by atoms with E-state index in [4.69, 9.17) is 0 Å². The third kappa shape index (κ3) is 6.57. The molecule has 0 heterocycles. The maximum Gasteiger partial charge on any atom is 0.264 e. The topological polar surface area (TPSA) is 86.8 Å². The number of anilines is 1. The number of nitrogens with zero attached hydrogens (tertiary/aromatic N) is 2. The molecular formula is C29H35N3O4S. The molecular weight excluding hydrogens is 486 g/mol. The fourth-order valence-corrected chi connectivity index (χ4v) is 5.82. The summed E-state index contributed by atoms with van der Waals surface area (Å²) in [5, 5.41) is 2.64. The van der Waals surface area contributed by atoms with Gasteiger partial charge in [0.2, 0.25) is 11.8 Å². The first-order chi connectivity index (χ1) is 17.6. The summed E-state index contributed by atoms with van der Waals surface area (Å²) in [5.74, 6) is -0.759. The molecule has 8 heteroatoms. The van der Waals surface area contributed by atoms with Crippen LogP contribution in [-0.2, 0) is 26.2 Å². The summed E-state index contributed by atoms with van der Waals surface area (Å²) in [6.07, 6.45) is 0.381. The van der Waals surface area contributed by atoms with Crippen molar-refractivity contribution < 1.29 is 18.0 Å². The molecule has 3 aromatic rings. The average Bonchev–Trinajstić information content (AvgIpc) is 2.87. The Morgan fingerprint density at radius 3 is 2.05 bits per heavy atom. The van der Waals surface area contributed by atoms with E-state index in [0.717, 1.165) is 26.6 Å². The monoisotopic (exact) mass is 521 g/mol. The van der Waals surface area contributed by atoms with Crippen LogP contribution in [0.3, 0.4) is 0 Å². The van der Waals surface area contributed by atoms with Crippen LogP contribution < -0.4 is 9.62 Å².